The number of aromatic nitrogens is 5. The summed E-state index contributed by atoms with van der Waals surface area (Å²) in [5.41, 5.74) is 2.52. The van der Waals surface area contributed by atoms with Crippen molar-refractivity contribution in [2.45, 2.75) is 33.9 Å². The highest BCUT2D eigenvalue weighted by Crippen LogP contribution is 2.20. The van der Waals surface area contributed by atoms with E-state index in [2.05, 4.69) is 20.5 Å². The van der Waals surface area contributed by atoms with Crippen LogP contribution < -0.4 is 5.32 Å². The Morgan fingerprint density at radius 3 is 2.63 bits per heavy atom. The van der Waals surface area contributed by atoms with Crippen LogP contribution in [0.5, 0.6) is 0 Å². The third kappa shape index (κ3) is 4.48. The fourth-order valence-corrected chi connectivity index (χ4v) is 2.99. The Morgan fingerprint density at radius 1 is 1.22 bits per heavy atom. The number of rotatable bonds is 6. The second kappa shape index (κ2) is 8.10. The van der Waals surface area contributed by atoms with Gasteiger partial charge in [-0.1, -0.05) is 48.3 Å². The molecule has 0 fully saturated rings. The maximum absolute atomic E-state index is 12.4. The number of amides is 1. The molecule has 142 valence electrons. The Hall–Kier alpha value is -2.38. The van der Waals surface area contributed by atoms with Gasteiger partial charge in [0.1, 0.15) is 6.33 Å². The van der Waals surface area contributed by atoms with Crippen molar-refractivity contribution in [1.82, 2.24) is 24.5 Å². The molecule has 0 saturated carbocycles. The van der Waals surface area contributed by atoms with Gasteiger partial charge in [-0.05, 0) is 25.5 Å². The van der Waals surface area contributed by atoms with Gasteiger partial charge in [0.05, 0.1) is 35.4 Å². The normalized spacial score (nSPS) is 12.2. The number of hydrogen-bond donors (Lipinski definition) is 1. The van der Waals surface area contributed by atoms with Crippen LogP contribution in [0, 0.1) is 19.8 Å². The highest BCUT2D eigenvalue weighted by Gasteiger charge is 2.18. The number of nitrogens with zero attached hydrogens (tertiary/aromatic N) is 5. The quantitative estimate of drug-likeness (QED) is 0.676. The zero-order valence-corrected chi connectivity index (χ0v) is 16.8. The van der Waals surface area contributed by atoms with E-state index in [4.69, 9.17) is 23.2 Å². The summed E-state index contributed by atoms with van der Waals surface area (Å²) in [5.74, 6) is -0.256. The van der Waals surface area contributed by atoms with Crippen molar-refractivity contribution in [3.8, 4) is 0 Å². The molecule has 0 aliphatic heterocycles. The van der Waals surface area contributed by atoms with Crippen molar-refractivity contribution in [1.29, 1.82) is 0 Å². The zero-order valence-electron chi connectivity index (χ0n) is 15.3. The number of carbonyl (C=O) groups excluding carboxylic acids is 1. The molecule has 0 aliphatic carbocycles. The number of benzene rings is 1. The molecule has 3 aromatic rings. The zero-order chi connectivity index (χ0) is 19.6. The van der Waals surface area contributed by atoms with Gasteiger partial charge in [-0.3, -0.25) is 14.8 Å². The molecule has 3 rings (SSSR count). The minimum atomic E-state index is -0.324. The largest absolute Gasteiger partial charge is 0.293 e. The van der Waals surface area contributed by atoms with Crippen LogP contribution in [0.4, 0.5) is 5.95 Å². The summed E-state index contributed by atoms with van der Waals surface area (Å²) in [6.07, 6.45) is 1.56. The molecule has 0 aliphatic rings. The molecular formula is C18H20Cl2N6O. The Balaban J connectivity index is 1.61. The molecular weight excluding hydrogens is 387 g/mol. The van der Waals surface area contributed by atoms with Gasteiger partial charge in [0.2, 0.25) is 11.9 Å². The second-order valence-corrected chi connectivity index (χ2v) is 7.20. The lowest BCUT2D eigenvalue weighted by atomic mass is 10.1. The van der Waals surface area contributed by atoms with Crippen LogP contribution in [0.25, 0.3) is 0 Å². The van der Waals surface area contributed by atoms with E-state index in [1.807, 2.05) is 45.0 Å². The second-order valence-electron chi connectivity index (χ2n) is 6.41. The van der Waals surface area contributed by atoms with Gasteiger partial charge in [0.25, 0.3) is 0 Å². The van der Waals surface area contributed by atoms with Gasteiger partial charge in [-0.15, -0.1) is 5.10 Å². The van der Waals surface area contributed by atoms with E-state index >= 15 is 0 Å². The lowest BCUT2D eigenvalue weighted by Crippen LogP contribution is -2.26. The third-order valence-corrected chi connectivity index (χ3v) is 5.16. The van der Waals surface area contributed by atoms with E-state index in [0.717, 1.165) is 17.0 Å². The van der Waals surface area contributed by atoms with Gasteiger partial charge >= 0.3 is 0 Å². The van der Waals surface area contributed by atoms with Crippen LogP contribution in [-0.4, -0.2) is 30.5 Å². The molecule has 1 atom stereocenters. The Labute approximate surface area is 167 Å². The number of hydrogen-bond acceptors (Lipinski definition) is 4. The molecule has 1 N–H and O–H groups in total. The third-order valence-electron chi connectivity index (χ3n) is 4.25. The SMILES string of the molecule is Cc1nn(CC(C)C(=O)Nc2ncn(Cc3ccccc3Cl)n2)c(C)c1Cl. The molecule has 9 heteroatoms. The van der Waals surface area contributed by atoms with Gasteiger partial charge in [0, 0.05) is 5.02 Å². The van der Waals surface area contributed by atoms with Crippen molar-refractivity contribution in [2.24, 2.45) is 5.92 Å². The molecule has 0 bridgehead atoms. The van der Waals surface area contributed by atoms with Crippen LogP contribution in [0.1, 0.15) is 23.9 Å². The first-order valence-electron chi connectivity index (χ1n) is 8.48. The molecule has 0 saturated heterocycles. The summed E-state index contributed by atoms with van der Waals surface area (Å²) >= 11 is 12.3. The lowest BCUT2D eigenvalue weighted by molar-refractivity contribution is -0.119. The molecule has 27 heavy (non-hydrogen) atoms. The maximum atomic E-state index is 12.4. The molecule has 7 nitrogen and oxygen atoms in total. The molecule has 0 spiro atoms. The minimum Gasteiger partial charge on any atom is -0.293 e. The average molecular weight is 407 g/mol. The molecule has 1 aromatic carbocycles. The van der Waals surface area contributed by atoms with E-state index in [1.165, 1.54) is 0 Å². The van der Waals surface area contributed by atoms with E-state index < -0.39 is 0 Å². The van der Waals surface area contributed by atoms with Crippen molar-refractivity contribution in [3.05, 3.63) is 57.6 Å². The molecule has 2 heterocycles. The molecule has 2 aromatic heterocycles. The van der Waals surface area contributed by atoms with Crippen molar-refractivity contribution in [2.75, 3.05) is 5.32 Å². The topological polar surface area (TPSA) is 77.6 Å². The predicted molar refractivity (Wildman–Crippen MR) is 105 cm³/mol. The number of aryl methyl sites for hydroxylation is 1. The first kappa shape index (κ1) is 19.4. The summed E-state index contributed by atoms with van der Waals surface area (Å²) in [6.45, 7) is 6.44. The Bertz CT molecular complexity index is 965. The minimum absolute atomic E-state index is 0.186. The van der Waals surface area contributed by atoms with E-state index in [0.29, 0.717) is 23.1 Å². The van der Waals surface area contributed by atoms with Gasteiger partial charge in [-0.2, -0.15) is 5.10 Å². The summed E-state index contributed by atoms with van der Waals surface area (Å²) in [5, 5.41) is 12.7. The monoisotopic (exact) mass is 406 g/mol. The fourth-order valence-electron chi connectivity index (χ4n) is 2.66. The molecule has 0 radical (unpaired) electrons. The summed E-state index contributed by atoms with van der Waals surface area (Å²) in [4.78, 5) is 16.6. The highest BCUT2D eigenvalue weighted by molar-refractivity contribution is 6.32. The first-order valence-corrected chi connectivity index (χ1v) is 9.24. The first-order chi connectivity index (χ1) is 12.8. The van der Waals surface area contributed by atoms with E-state index in [1.54, 1.807) is 15.7 Å². The van der Waals surface area contributed by atoms with Crippen LogP contribution in [0.15, 0.2) is 30.6 Å². The number of halogens is 2. The predicted octanol–water partition coefficient (Wildman–Crippen LogP) is 3.72. The lowest BCUT2D eigenvalue weighted by Gasteiger charge is -2.12. The Kier molecular flexibility index (Phi) is 5.82. The standard InChI is InChI=1S/C18H20Cl2N6O/c1-11(8-26-13(3)16(20)12(2)23-26)17(27)22-18-21-10-25(24-18)9-14-6-4-5-7-15(14)19/h4-7,10-11H,8-9H2,1-3H3,(H,22,24,27). The van der Waals surface area contributed by atoms with Gasteiger partial charge in [0.15, 0.2) is 0 Å². The van der Waals surface area contributed by atoms with Crippen LogP contribution in [0.2, 0.25) is 10.0 Å². The maximum Gasteiger partial charge on any atom is 0.248 e. The molecule has 1 amide bonds. The van der Waals surface area contributed by atoms with E-state index in [-0.39, 0.29) is 17.8 Å². The van der Waals surface area contributed by atoms with Crippen LogP contribution in [0.3, 0.4) is 0 Å². The van der Waals surface area contributed by atoms with Crippen LogP contribution in [-0.2, 0) is 17.9 Å². The van der Waals surface area contributed by atoms with Crippen molar-refractivity contribution in [3.63, 3.8) is 0 Å². The summed E-state index contributed by atoms with van der Waals surface area (Å²) in [6, 6.07) is 7.53. The average Bonchev–Trinajstić information content (AvgIpc) is 3.17. The fraction of sp³-hybridized carbons (Fsp3) is 0.333. The van der Waals surface area contributed by atoms with E-state index in [9.17, 15) is 4.79 Å². The van der Waals surface area contributed by atoms with Crippen LogP contribution >= 0.6 is 23.2 Å². The molecule has 1 unspecified atom stereocenters. The summed E-state index contributed by atoms with van der Waals surface area (Å²) < 4.78 is 3.37. The van der Waals surface area contributed by atoms with Crippen molar-refractivity contribution >= 4 is 35.1 Å². The number of carbonyl (C=O) groups is 1. The number of anilines is 1. The number of nitrogens with one attached hydrogen (secondary N) is 1. The highest BCUT2D eigenvalue weighted by atomic mass is 35.5. The van der Waals surface area contributed by atoms with Crippen molar-refractivity contribution < 1.29 is 4.79 Å². The smallest absolute Gasteiger partial charge is 0.248 e. The Morgan fingerprint density at radius 2 is 1.96 bits per heavy atom. The summed E-state index contributed by atoms with van der Waals surface area (Å²) in [7, 11) is 0. The van der Waals surface area contributed by atoms with Gasteiger partial charge < -0.3 is 0 Å². The van der Waals surface area contributed by atoms with Gasteiger partial charge in [-0.25, -0.2) is 9.67 Å².